The van der Waals surface area contributed by atoms with Crippen LogP contribution in [-0.2, 0) is 14.3 Å². The summed E-state index contributed by atoms with van der Waals surface area (Å²) >= 11 is 0. The van der Waals surface area contributed by atoms with Crippen molar-refractivity contribution in [2.24, 2.45) is 0 Å². The second-order valence-corrected chi connectivity index (χ2v) is 4.14. The first-order valence-corrected chi connectivity index (χ1v) is 6.53. The fourth-order valence-electron chi connectivity index (χ4n) is 1.56. The van der Waals surface area contributed by atoms with Gasteiger partial charge in [0.1, 0.15) is 5.82 Å². The highest BCUT2D eigenvalue weighted by atomic mass is 19.1. The highest BCUT2D eigenvalue weighted by molar-refractivity contribution is 5.92. The average molecular weight is 282 g/mol. The minimum Gasteiger partial charge on any atom is -0.466 e. The zero-order valence-electron chi connectivity index (χ0n) is 11.4. The van der Waals surface area contributed by atoms with Crippen molar-refractivity contribution in [2.45, 2.75) is 19.8 Å². The van der Waals surface area contributed by atoms with Crippen LogP contribution in [0.1, 0.15) is 19.8 Å². The maximum Gasteiger partial charge on any atom is 0.305 e. The van der Waals surface area contributed by atoms with Gasteiger partial charge in [0, 0.05) is 12.1 Å². The largest absolute Gasteiger partial charge is 0.466 e. The molecule has 0 aliphatic heterocycles. The molecule has 1 rings (SSSR count). The van der Waals surface area contributed by atoms with Gasteiger partial charge in [-0.25, -0.2) is 4.39 Å². The van der Waals surface area contributed by atoms with Gasteiger partial charge in [-0.1, -0.05) is 6.07 Å². The number of carbonyl (C=O) groups excluding carboxylic acids is 2. The van der Waals surface area contributed by atoms with E-state index in [4.69, 9.17) is 4.74 Å². The Balaban J connectivity index is 2.13. The first-order valence-electron chi connectivity index (χ1n) is 6.53. The van der Waals surface area contributed by atoms with Crippen molar-refractivity contribution in [1.82, 2.24) is 5.32 Å². The summed E-state index contributed by atoms with van der Waals surface area (Å²) in [4.78, 5) is 22.6. The minimum absolute atomic E-state index is 0.110. The Bertz CT molecular complexity index is 452. The molecule has 20 heavy (non-hydrogen) atoms. The van der Waals surface area contributed by atoms with Gasteiger partial charge in [-0.15, -0.1) is 0 Å². The number of carbonyl (C=O) groups is 2. The molecule has 1 aromatic rings. The van der Waals surface area contributed by atoms with Crippen LogP contribution in [0, 0.1) is 5.82 Å². The summed E-state index contributed by atoms with van der Waals surface area (Å²) in [6.07, 6.45) is 0.929. The number of amides is 1. The van der Waals surface area contributed by atoms with Crippen molar-refractivity contribution < 1.29 is 18.7 Å². The minimum atomic E-state index is -0.398. The molecular weight excluding hydrogens is 263 g/mol. The average Bonchev–Trinajstić information content (AvgIpc) is 2.38. The van der Waals surface area contributed by atoms with Gasteiger partial charge in [-0.05, 0) is 38.1 Å². The van der Waals surface area contributed by atoms with Crippen molar-refractivity contribution in [2.75, 3.05) is 25.0 Å². The molecule has 0 aliphatic rings. The van der Waals surface area contributed by atoms with Gasteiger partial charge < -0.3 is 15.4 Å². The van der Waals surface area contributed by atoms with Gasteiger partial charge in [0.15, 0.2) is 0 Å². The number of hydrogen-bond acceptors (Lipinski definition) is 4. The van der Waals surface area contributed by atoms with Crippen molar-refractivity contribution in [3.8, 4) is 0 Å². The Labute approximate surface area is 117 Å². The number of ether oxygens (including phenoxy) is 1. The molecule has 0 spiro atoms. The van der Waals surface area contributed by atoms with E-state index in [9.17, 15) is 14.0 Å². The normalized spacial score (nSPS) is 10.1. The van der Waals surface area contributed by atoms with Crippen LogP contribution in [0.3, 0.4) is 0 Å². The molecule has 0 heterocycles. The molecule has 1 aromatic carbocycles. The highest BCUT2D eigenvalue weighted by Gasteiger charge is 2.04. The van der Waals surface area contributed by atoms with Crippen LogP contribution in [0.15, 0.2) is 24.3 Å². The molecule has 110 valence electrons. The number of benzene rings is 1. The van der Waals surface area contributed by atoms with Gasteiger partial charge in [0.2, 0.25) is 5.91 Å². The van der Waals surface area contributed by atoms with Crippen LogP contribution in [0.25, 0.3) is 0 Å². The Morgan fingerprint density at radius 2 is 2.15 bits per heavy atom. The number of rotatable bonds is 8. The van der Waals surface area contributed by atoms with Crippen molar-refractivity contribution in [3.05, 3.63) is 30.1 Å². The molecule has 0 bridgehead atoms. The van der Waals surface area contributed by atoms with Crippen molar-refractivity contribution >= 4 is 17.6 Å². The molecule has 2 N–H and O–H groups in total. The molecule has 0 saturated carbocycles. The lowest BCUT2D eigenvalue weighted by Gasteiger charge is -2.06. The van der Waals surface area contributed by atoms with E-state index in [1.165, 1.54) is 18.2 Å². The Hall–Kier alpha value is -1.95. The molecule has 0 aliphatic carbocycles. The maximum absolute atomic E-state index is 12.9. The second-order valence-electron chi connectivity index (χ2n) is 4.14. The first-order chi connectivity index (χ1) is 9.61. The fourth-order valence-corrected chi connectivity index (χ4v) is 1.56. The topological polar surface area (TPSA) is 67.4 Å². The van der Waals surface area contributed by atoms with Gasteiger partial charge in [-0.2, -0.15) is 0 Å². The Morgan fingerprint density at radius 1 is 1.35 bits per heavy atom. The molecule has 0 fully saturated rings. The number of nitrogens with one attached hydrogen (secondary N) is 2. The molecule has 0 radical (unpaired) electrons. The Morgan fingerprint density at radius 3 is 2.85 bits per heavy atom. The van der Waals surface area contributed by atoms with Crippen LogP contribution >= 0.6 is 0 Å². The van der Waals surface area contributed by atoms with E-state index in [1.54, 1.807) is 13.0 Å². The predicted molar refractivity (Wildman–Crippen MR) is 73.8 cm³/mol. The molecule has 0 atom stereocenters. The molecule has 0 aromatic heterocycles. The zero-order chi connectivity index (χ0) is 14.8. The van der Waals surface area contributed by atoms with E-state index in [0.717, 1.165) is 0 Å². The van der Waals surface area contributed by atoms with Crippen molar-refractivity contribution in [3.63, 3.8) is 0 Å². The van der Waals surface area contributed by atoms with E-state index in [2.05, 4.69) is 10.6 Å². The fraction of sp³-hybridized carbons (Fsp3) is 0.429. The van der Waals surface area contributed by atoms with Crippen LogP contribution in [0.5, 0.6) is 0 Å². The lowest BCUT2D eigenvalue weighted by atomic mass is 10.3. The lowest BCUT2D eigenvalue weighted by Crippen LogP contribution is -2.29. The smallest absolute Gasteiger partial charge is 0.305 e. The summed E-state index contributed by atoms with van der Waals surface area (Å²) in [7, 11) is 0. The van der Waals surface area contributed by atoms with Crippen LogP contribution in [0.2, 0.25) is 0 Å². The van der Waals surface area contributed by atoms with Gasteiger partial charge in [0.05, 0.1) is 13.2 Å². The van der Waals surface area contributed by atoms with Gasteiger partial charge in [-0.3, -0.25) is 9.59 Å². The quantitative estimate of drug-likeness (QED) is 0.562. The van der Waals surface area contributed by atoms with Gasteiger partial charge in [0.25, 0.3) is 0 Å². The summed E-state index contributed by atoms with van der Waals surface area (Å²) in [5.41, 5.74) is 0.420. The number of halogens is 1. The molecule has 5 nitrogen and oxygen atoms in total. The summed E-state index contributed by atoms with van der Waals surface area (Å²) in [5, 5.41) is 5.47. The van der Waals surface area contributed by atoms with Crippen molar-refractivity contribution in [1.29, 1.82) is 0 Å². The monoisotopic (exact) mass is 282 g/mol. The SMILES string of the molecule is CCOC(=O)CCCNCC(=O)Nc1cccc(F)c1. The molecule has 0 unspecified atom stereocenters. The molecule has 1 amide bonds. The standard InChI is InChI=1S/C14H19FN2O3/c1-2-20-14(19)7-4-8-16-10-13(18)17-12-6-3-5-11(15)9-12/h3,5-6,9,16H,2,4,7-8,10H2,1H3,(H,17,18). The van der Waals surface area contributed by atoms with Gasteiger partial charge >= 0.3 is 5.97 Å². The first kappa shape index (κ1) is 16.1. The highest BCUT2D eigenvalue weighted by Crippen LogP contribution is 2.08. The van der Waals surface area contributed by atoms with Crippen LogP contribution in [-0.4, -0.2) is 31.6 Å². The van der Waals surface area contributed by atoms with Crippen LogP contribution < -0.4 is 10.6 Å². The second kappa shape index (κ2) is 9.03. The molecule has 6 heteroatoms. The zero-order valence-corrected chi connectivity index (χ0v) is 11.4. The number of esters is 1. The lowest BCUT2D eigenvalue weighted by molar-refractivity contribution is -0.143. The number of anilines is 1. The number of hydrogen-bond donors (Lipinski definition) is 2. The molecular formula is C14H19FN2O3. The third-order valence-electron chi connectivity index (χ3n) is 2.43. The van der Waals surface area contributed by atoms with Crippen LogP contribution in [0.4, 0.5) is 10.1 Å². The van der Waals surface area contributed by atoms with E-state index < -0.39 is 5.82 Å². The molecule has 0 saturated heterocycles. The van der Waals surface area contributed by atoms with E-state index >= 15 is 0 Å². The summed E-state index contributed by atoms with van der Waals surface area (Å²) in [5.74, 6) is -0.893. The summed E-state index contributed by atoms with van der Waals surface area (Å²) < 4.78 is 17.7. The van der Waals surface area contributed by atoms with E-state index in [-0.39, 0.29) is 18.4 Å². The summed E-state index contributed by atoms with van der Waals surface area (Å²) in [6.45, 7) is 2.78. The predicted octanol–water partition coefficient (Wildman–Crippen LogP) is 1.70. The Kier molecular flexibility index (Phi) is 7.27. The third-order valence-corrected chi connectivity index (χ3v) is 2.43. The van der Waals surface area contributed by atoms with E-state index in [1.807, 2.05) is 0 Å². The summed E-state index contributed by atoms with van der Waals surface area (Å²) in [6, 6.07) is 5.70. The maximum atomic E-state index is 12.9. The van der Waals surface area contributed by atoms with E-state index in [0.29, 0.717) is 31.7 Å². The third kappa shape index (κ3) is 6.84.